The van der Waals surface area contributed by atoms with E-state index in [9.17, 15) is 22.7 Å². The Morgan fingerprint density at radius 2 is 1.72 bits per heavy atom. The molecule has 0 fully saturated rings. The molecule has 218 valence electrons. The number of carbonyl (C=O) groups excluding carboxylic acids is 1. The zero-order valence-electron chi connectivity index (χ0n) is 23.5. The molecule has 12 heteroatoms. The first-order chi connectivity index (χ1) is 20.4. The standard InChI is InChI=1S/C31H25FN4O6S/c1-16-8-10-17(11-9-16)29-27(30(38)33-2)20-14-19(23(15-25(20)41-29)36(3)43(4,39)40)18-12-22(34-26(37)13-18)31-35-28-21(32)6-5-7-24(28)42-31/h5-15H,1-4H3,(H,33,38)(H,34,37). The molecule has 0 aliphatic rings. The quantitative estimate of drug-likeness (QED) is 0.242. The Balaban J connectivity index is 1.63. The lowest BCUT2D eigenvalue weighted by Crippen LogP contribution is -2.25. The maximum atomic E-state index is 14.3. The van der Waals surface area contributed by atoms with Crippen LogP contribution < -0.4 is 9.62 Å². The van der Waals surface area contributed by atoms with E-state index in [-0.39, 0.29) is 39.5 Å². The van der Waals surface area contributed by atoms with E-state index in [1.54, 1.807) is 12.1 Å². The molecule has 0 saturated heterocycles. The van der Waals surface area contributed by atoms with Crippen LogP contribution in [0.1, 0.15) is 15.9 Å². The second-order valence-corrected chi connectivity index (χ2v) is 12.1. The molecule has 0 bridgehead atoms. The second-order valence-electron chi connectivity index (χ2n) is 10.1. The molecule has 3 heterocycles. The molecule has 1 amide bonds. The van der Waals surface area contributed by atoms with Gasteiger partial charge in [0.05, 0.1) is 17.5 Å². The first-order valence-corrected chi connectivity index (χ1v) is 14.9. The molecule has 10 nitrogen and oxygen atoms in total. The molecule has 43 heavy (non-hydrogen) atoms. The summed E-state index contributed by atoms with van der Waals surface area (Å²) in [4.78, 5) is 21.5. The van der Waals surface area contributed by atoms with Gasteiger partial charge in [0.25, 0.3) is 5.91 Å². The van der Waals surface area contributed by atoms with E-state index in [2.05, 4.69) is 15.3 Å². The number of oxazole rings is 1. The van der Waals surface area contributed by atoms with Crippen LogP contribution >= 0.6 is 0 Å². The van der Waals surface area contributed by atoms with Gasteiger partial charge in [-0.15, -0.1) is 0 Å². The van der Waals surface area contributed by atoms with Crippen LogP contribution in [0.2, 0.25) is 0 Å². The number of carbonyl (C=O) groups is 1. The van der Waals surface area contributed by atoms with Gasteiger partial charge in [0, 0.05) is 42.7 Å². The van der Waals surface area contributed by atoms with Crippen LogP contribution in [0.5, 0.6) is 5.88 Å². The zero-order valence-corrected chi connectivity index (χ0v) is 24.3. The molecule has 3 aromatic heterocycles. The predicted molar refractivity (Wildman–Crippen MR) is 161 cm³/mol. The average Bonchev–Trinajstić information content (AvgIpc) is 3.58. The van der Waals surface area contributed by atoms with E-state index in [0.717, 1.165) is 16.1 Å². The van der Waals surface area contributed by atoms with Crippen molar-refractivity contribution in [2.75, 3.05) is 24.7 Å². The number of nitrogens with zero attached hydrogens (tertiary/aromatic N) is 3. The van der Waals surface area contributed by atoms with Gasteiger partial charge in [-0.05, 0) is 36.8 Å². The fraction of sp³-hybridized carbons (Fsp3) is 0.129. The number of aromatic hydroxyl groups is 1. The number of hydrogen-bond donors (Lipinski definition) is 2. The Labute approximate surface area is 245 Å². The summed E-state index contributed by atoms with van der Waals surface area (Å²) in [5.74, 6) is -1.14. The van der Waals surface area contributed by atoms with Gasteiger partial charge in [-0.3, -0.25) is 9.10 Å². The summed E-state index contributed by atoms with van der Waals surface area (Å²) in [5.41, 5.74) is 3.36. The Morgan fingerprint density at radius 3 is 2.40 bits per heavy atom. The summed E-state index contributed by atoms with van der Waals surface area (Å²) in [6.45, 7) is 1.94. The number of amides is 1. The van der Waals surface area contributed by atoms with E-state index < -0.39 is 27.6 Å². The maximum absolute atomic E-state index is 14.3. The lowest BCUT2D eigenvalue weighted by molar-refractivity contribution is 0.0964. The highest BCUT2D eigenvalue weighted by atomic mass is 32.2. The minimum absolute atomic E-state index is 0.000336. The molecule has 0 spiro atoms. The van der Waals surface area contributed by atoms with Crippen molar-refractivity contribution < 1.29 is 31.5 Å². The van der Waals surface area contributed by atoms with Crippen LogP contribution in [0, 0.1) is 12.7 Å². The van der Waals surface area contributed by atoms with Crippen LogP contribution in [0.15, 0.2) is 75.6 Å². The zero-order chi connectivity index (χ0) is 30.6. The van der Waals surface area contributed by atoms with Gasteiger partial charge in [0.2, 0.25) is 21.8 Å². The molecule has 3 aromatic carbocycles. The summed E-state index contributed by atoms with van der Waals surface area (Å²) in [7, 11) is -0.882. The number of furan rings is 1. The van der Waals surface area contributed by atoms with Crippen molar-refractivity contribution in [3.63, 3.8) is 0 Å². The third kappa shape index (κ3) is 4.95. The van der Waals surface area contributed by atoms with Crippen molar-refractivity contribution >= 4 is 43.7 Å². The van der Waals surface area contributed by atoms with E-state index in [0.29, 0.717) is 27.8 Å². The Bertz CT molecular complexity index is 2170. The van der Waals surface area contributed by atoms with Crippen molar-refractivity contribution in [2.45, 2.75) is 6.92 Å². The fourth-order valence-electron chi connectivity index (χ4n) is 4.87. The van der Waals surface area contributed by atoms with Gasteiger partial charge in [0.1, 0.15) is 22.6 Å². The van der Waals surface area contributed by atoms with Gasteiger partial charge < -0.3 is 19.3 Å². The van der Waals surface area contributed by atoms with Gasteiger partial charge >= 0.3 is 0 Å². The number of aryl methyl sites for hydroxylation is 1. The molecule has 0 unspecified atom stereocenters. The molecule has 0 saturated carbocycles. The van der Waals surface area contributed by atoms with Crippen molar-refractivity contribution in [3.05, 3.63) is 83.7 Å². The largest absolute Gasteiger partial charge is 0.493 e. The van der Waals surface area contributed by atoms with Crippen LogP contribution in [0.3, 0.4) is 0 Å². The van der Waals surface area contributed by atoms with Gasteiger partial charge in [0.15, 0.2) is 11.4 Å². The Hall–Kier alpha value is -5.23. The molecule has 0 atom stereocenters. The van der Waals surface area contributed by atoms with E-state index in [1.807, 2.05) is 31.2 Å². The molecule has 0 aliphatic heterocycles. The fourth-order valence-corrected chi connectivity index (χ4v) is 5.38. The third-order valence-corrected chi connectivity index (χ3v) is 8.31. The number of benzene rings is 3. The van der Waals surface area contributed by atoms with Gasteiger partial charge in [-0.1, -0.05) is 35.9 Å². The van der Waals surface area contributed by atoms with E-state index in [1.165, 1.54) is 44.4 Å². The Morgan fingerprint density at radius 1 is 0.977 bits per heavy atom. The topological polar surface area (TPSA) is 139 Å². The van der Waals surface area contributed by atoms with Crippen LogP contribution in [-0.4, -0.2) is 49.8 Å². The number of aromatic nitrogens is 2. The van der Waals surface area contributed by atoms with Crippen LogP contribution in [0.25, 0.3) is 56.1 Å². The number of hydrogen-bond acceptors (Lipinski definition) is 8. The number of sulfonamides is 1. The van der Waals surface area contributed by atoms with Crippen LogP contribution in [0.4, 0.5) is 10.1 Å². The highest BCUT2D eigenvalue weighted by Gasteiger charge is 2.26. The van der Waals surface area contributed by atoms with Crippen molar-refractivity contribution in [3.8, 4) is 39.9 Å². The molecule has 0 aliphatic carbocycles. The number of nitrogens with one attached hydrogen (secondary N) is 1. The number of pyridine rings is 1. The van der Waals surface area contributed by atoms with Crippen LogP contribution in [-0.2, 0) is 10.0 Å². The first kappa shape index (κ1) is 27.9. The minimum Gasteiger partial charge on any atom is -0.493 e. The summed E-state index contributed by atoms with van der Waals surface area (Å²) < 4.78 is 52.8. The molecule has 0 radical (unpaired) electrons. The molecular formula is C31H25FN4O6S. The highest BCUT2D eigenvalue weighted by molar-refractivity contribution is 7.92. The van der Waals surface area contributed by atoms with Crippen molar-refractivity contribution in [1.82, 2.24) is 15.3 Å². The summed E-state index contributed by atoms with van der Waals surface area (Å²) in [5, 5.41) is 13.7. The minimum atomic E-state index is -3.77. The number of rotatable bonds is 6. The molecule has 6 rings (SSSR count). The SMILES string of the molecule is CNC(=O)c1c(-c2ccc(C)cc2)oc2cc(N(C)S(C)(=O)=O)c(-c3cc(O)nc(-c4nc5c(F)cccc5o4)c3)cc12. The monoisotopic (exact) mass is 600 g/mol. The normalized spacial score (nSPS) is 11.7. The van der Waals surface area contributed by atoms with Gasteiger partial charge in [-0.25, -0.2) is 22.8 Å². The molecular weight excluding hydrogens is 575 g/mol. The maximum Gasteiger partial charge on any atom is 0.255 e. The average molecular weight is 601 g/mol. The molecule has 6 aromatic rings. The predicted octanol–water partition coefficient (Wildman–Crippen LogP) is 5.88. The van der Waals surface area contributed by atoms with Crippen molar-refractivity contribution in [1.29, 1.82) is 0 Å². The smallest absolute Gasteiger partial charge is 0.255 e. The number of halogens is 1. The van der Waals surface area contributed by atoms with Gasteiger partial charge in [-0.2, -0.15) is 0 Å². The Kier molecular flexibility index (Phi) is 6.65. The van der Waals surface area contributed by atoms with Crippen molar-refractivity contribution in [2.24, 2.45) is 0 Å². The number of para-hydroxylation sites is 1. The van der Waals surface area contributed by atoms with E-state index >= 15 is 0 Å². The lowest BCUT2D eigenvalue weighted by atomic mass is 9.98. The second kappa shape index (κ2) is 10.2. The lowest BCUT2D eigenvalue weighted by Gasteiger charge is -2.21. The first-order valence-electron chi connectivity index (χ1n) is 13.0. The van der Waals surface area contributed by atoms with E-state index in [4.69, 9.17) is 8.83 Å². The summed E-state index contributed by atoms with van der Waals surface area (Å²) >= 11 is 0. The molecule has 2 N–H and O–H groups in total. The third-order valence-electron chi connectivity index (χ3n) is 7.12. The number of fused-ring (bicyclic) bond motifs is 2. The summed E-state index contributed by atoms with van der Waals surface area (Å²) in [6.07, 6.45) is 1.05. The summed E-state index contributed by atoms with van der Waals surface area (Å²) in [6, 6.07) is 17.8. The number of anilines is 1. The highest BCUT2D eigenvalue weighted by Crippen LogP contribution is 2.42.